The fourth-order valence-electron chi connectivity index (χ4n) is 1.89. The molecule has 4 heteroatoms. The van der Waals surface area contributed by atoms with E-state index in [1.165, 1.54) is 12.2 Å². The highest BCUT2D eigenvalue weighted by Crippen LogP contribution is 2.30. The van der Waals surface area contributed by atoms with Crippen LogP contribution in [0.4, 0.5) is 11.4 Å². The van der Waals surface area contributed by atoms with Gasteiger partial charge in [-0.25, -0.2) is 0 Å². The third-order valence-electron chi connectivity index (χ3n) is 3.01. The number of hydrogen-bond donors (Lipinski definition) is 2. The fraction of sp³-hybridized carbons (Fsp3) is 0.158. The Labute approximate surface area is 137 Å². The summed E-state index contributed by atoms with van der Waals surface area (Å²) >= 11 is 0. The van der Waals surface area contributed by atoms with Crippen molar-refractivity contribution in [1.82, 2.24) is 0 Å². The summed E-state index contributed by atoms with van der Waals surface area (Å²) in [6.07, 6.45) is 4.59. The van der Waals surface area contributed by atoms with Crippen LogP contribution in [0, 0.1) is 0 Å². The van der Waals surface area contributed by atoms with E-state index in [0.29, 0.717) is 11.4 Å². The Morgan fingerprint density at radius 3 is 2.39 bits per heavy atom. The van der Waals surface area contributed by atoms with E-state index in [-0.39, 0.29) is 5.76 Å². The molecule has 0 spiro atoms. The molecule has 0 unspecified atom stereocenters. The molecule has 2 aromatic rings. The lowest BCUT2D eigenvalue weighted by Crippen LogP contribution is -1.86. The summed E-state index contributed by atoms with van der Waals surface area (Å²) in [6, 6.07) is 11.4. The number of aliphatic hydroxyl groups excluding tert-OH is 1. The zero-order valence-corrected chi connectivity index (χ0v) is 13.8. The van der Waals surface area contributed by atoms with Crippen molar-refractivity contribution in [3.05, 3.63) is 72.7 Å². The SMILES string of the molecule is C=C/C(O)=C\C(=C/C)N=Nc1ccc(N)c2ccccc12.CC. The molecular formula is C19H23N3O. The Morgan fingerprint density at radius 1 is 1.13 bits per heavy atom. The van der Waals surface area contributed by atoms with Crippen LogP contribution < -0.4 is 5.73 Å². The lowest BCUT2D eigenvalue weighted by molar-refractivity contribution is 0.432. The molecule has 2 aromatic carbocycles. The third-order valence-corrected chi connectivity index (χ3v) is 3.01. The highest BCUT2D eigenvalue weighted by molar-refractivity contribution is 5.99. The van der Waals surface area contributed by atoms with Crippen molar-refractivity contribution in [3.8, 4) is 0 Å². The van der Waals surface area contributed by atoms with Crippen molar-refractivity contribution < 1.29 is 5.11 Å². The van der Waals surface area contributed by atoms with Crippen LogP contribution in [0.1, 0.15) is 20.8 Å². The van der Waals surface area contributed by atoms with Crippen LogP contribution in [-0.2, 0) is 0 Å². The monoisotopic (exact) mass is 309 g/mol. The molecule has 3 N–H and O–H groups in total. The van der Waals surface area contributed by atoms with Gasteiger partial charge in [-0.2, -0.15) is 5.11 Å². The van der Waals surface area contributed by atoms with Crippen molar-refractivity contribution in [3.63, 3.8) is 0 Å². The van der Waals surface area contributed by atoms with Gasteiger partial charge in [-0.05, 0) is 25.1 Å². The molecule has 2 rings (SSSR count). The minimum Gasteiger partial charge on any atom is -0.508 e. The zero-order valence-electron chi connectivity index (χ0n) is 13.8. The van der Waals surface area contributed by atoms with Gasteiger partial charge in [-0.1, -0.05) is 50.8 Å². The molecule has 0 saturated carbocycles. The fourth-order valence-corrected chi connectivity index (χ4v) is 1.89. The molecule has 0 aliphatic heterocycles. The number of anilines is 1. The van der Waals surface area contributed by atoms with Gasteiger partial charge >= 0.3 is 0 Å². The van der Waals surface area contributed by atoms with Crippen molar-refractivity contribution >= 4 is 22.1 Å². The van der Waals surface area contributed by atoms with Crippen LogP contribution >= 0.6 is 0 Å². The molecular weight excluding hydrogens is 286 g/mol. The first-order valence-corrected chi connectivity index (χ1v) is 7.54. The maximum absolute atomic E-state index is 9.45. The number of nitrogens with two attached hydrogens (primary N) is 1. The molecule has 120 valence electrons. The predicted molar refractivity (Wildman–Crippen MR) is 98.9 cm³/mol. The number of allylic oxidation sites excluding steroid dienone is 3. The van der Waals surface area contributed by atoms with Gasteiger partial charge in [0.15, 0.2) is 0 Å². The maximum Gasteiger partial charge on any atom is 0.117 e. The summed E-state index contributed by atoms with van der Waals surface area (Å²) in [4.78, 5) is 0. The standard InChI is InChI=1S/C17H17N3O.C2H6/c1-3-12(11-13(21)4-2)19-20-17-10-9-16(18)14-7-5-6-8-15(14)17;1-2/h3-11,21H,2,18H2,1H3;1-2H3/b12-3+,13-11+,20-19?;. The average molecular weight is 309 g/mol. The molecule has 4 nitrogen and oxygen atoms in total. The van der Waals surface area contributed by atoms with Crippen LogP contribution in [0.2, 0.25) is 0 Å². The smallest absolute Gasteiger partial charge is 0.117 e. The Kier molecular flexibility index (Phi) is 7.27. The average Bonchev–Trinajstić information content (AvgIpc) is 2.61. The largest absolute Gasteiger partial charge is 0.508 e. The van der Waals surface area contributed by atoms with Crippen molar-refractivity contribution in [2.75, 3.05) is 5.73 Å². The zero-order chi connectivity index (χ0) is 17.2. The third kappa shape index (κ3) is 4.81. The Morgan fingerprint density at radius 2 is 1.78 bits per heavy atom. The molecule has 0 aromatic heterocycles. The molecule has 0 fully saturated rings. The van der Waals surface area contributed by atoms with Gasteiger partial charge in [0.1, 0.15) is 5.76 Å². The van der Waals surface area contributed by atoms with Crippen molar-refractivity contribution in [2.45, 2.75) is 20.8 Å². The van der Waals surface area contributed by atoms with Gasteiger partial charge in [0.05, 0.1) is 11.4 Å². The Balaban J connectivity index is 0.00000127. The molecule has 0 aliphatic rings. The van der Waals surface area contributed by atoms with E-state index < -0.39 is 0 Å². The van der Waals surface area contributed by atoms with Crippen molar-refractivity contribution in [2.24, 2.45) is 10.2 Å². The number of hydrogen-bond acceptors (Lipinski definition) is 4. The summed E-state index contributed by atoms with van der Waals surface area (Å²) in [5.74, 6) is 0.0456. The summed E-state index contributed by atoms with van der Waals surface area (Å²) in [5, 5.41) is 19.7. The van der Waals surface area contributed by atoms with E-state index >= 15 is 0 Å². The highest BCUT2D eigenvalue weighted by Gasteiger charge is 2.02. The number of fused-ring (bicyclic) bond motifs is 1. The van der Waals surface area contributed by atoms with Gasteiger partial charge in [-0.15, -0.1) is 5.11 Å². The summed E-state index contributed by atoms with van der Waals surface area (Å²) in [6.45, 7) is 9.31. The molecule has 0 bridgehead atoms. The van der Waals surface area contributed by atoms with Crippen LogP contribution in [0.15, 0.2) is 82.9 Å². The van der Waals surface area contributed by atoms with Crippen LogP contribution in [0.5, 0.6) is 0 Å². The van der Waals surface area contributed by atoms with Crippen LogP contribution in [-0.4, -0.2) is 5.11 Å². The molecule has 0 saturated heterocycles. The van der Waals surface area contributed by atoms with E-state index in [9.17, 15) is 5.11 Å². The molecule has 0 radical (unpaired) electrons. The molecule has 23 heavy (non-hydrogen) atoms. The molecule has 0 heterocycles. The highest BCUT2D eigenvalue weighted by atomic mass is 16.3. The number of nitrogens with zero attached hydrogens (tertiary/aromatic N) is 2. The lowest BCUT2D eigenvalue weighted by Gasteiger charge is -2.04. The second-order valence-electron chi connectivity index (χ2n) is 4.41. The summed E-state index contributed by atoms with van der Waals surface area (Å²) in [5.41, 5.74) is 7.94. The number of azo groups is 1. The van der Waals surface area contributed by atoms with Crippen LogP contribution in [0.3, 0.4) is 0 Å². The second-order valence-corrected chi connectivity index (χ2v) is 4.41. The van der Waals surface area contributed by atoms with Gasteiger partial charge < -0.3 is 10.8 Å². The molecule has 0 aliphatic carbocycles. The lowest BCUT2D eigenvalue weighted by atomic mass is 10.1. The van der Waals surface area contributed by atoms with Gasteiger partial charge in [0.2, 0.25) is 0 Å². The Bertz CT molecular complexity index is 758. The maximum atomic E-state index is 9.45. The number of rotatable bonds is 4. The minimum absolute atomic E-state index is 0.0456. The van der Waals surface area contributed by atoms with Gasteiger partial charge in [0.25, 0.3) is 0 Å². The summed E-state index contributed by atoms with van der Waals surface area (Å²) in [7, 11) is 0. The number of benzene rings is 2. The quantitative estimate of drug-likeness (QED) is 0.312. The first kappa shape index (κ1) is 18.2. The van der Waals surface area contributed by atoms with E-state index in [0.717, 1.165) is 16.5 Å². The molecule has 0 amide bonds. The minimum atomic E-state index is 0.0456. The topological polar surface area (TPSA) is 71.0 Å². The van der Waals surface area contributed by atoms with Gasteiger partial charge in [-0.3, -0.25) is 0 Å². The first-order chi connectivity index (χ1) is 11.2. The normalized spacial score (nSPS) is 12.1. The van der Waals surface area contributed by atoms with E-state index in [1.54, 1.807) is 6.08 Å². The molecule has 0 atom stereocenters. The van der Waals surface area contributed by atoms with Crippen LogP contribution in [0.25, 0.3) is 10.8 Å². The van der Waals surface area contributed by atoms with E-state index in [1.807, 2.05) is 57.2 Å². The number of nitrogen functional groups attached to an aromatic ring is 1. The van der Waals surface area contributed by atoms with Crippen molar-refractivity contribution in [1.29, 1.82) is 0 Å². The Hall–Kier alpha value is -2.88. The van der Waals surface area contributed by atoms with E-state index in [4.69, 9.17) is 5.73 Å². The predicted octanol–water partition coefficient (Wildman–Crippen LogP) is 6.06. The first-order valence-electron chi connectivity index (χ1n) is 7.54. The second kappa shape index (κ2) is 9.20. The number of aliphatic hydroxyl groups is 1. The van der Waals surface area contributed by atoms with E-state index in [2.05, 4.69) is 16.8 Å². The van der Waals surface area contributed by atoms with Gasteiger partial charge in [0, 0.05) is 22.5 Å². The summed E-state index contributed by atoms with van der Waals surface area (Å²) < 4.78 is 0.